The van der Waals surface area contributed by atoms with Gasteiger partial charge in [0.25, 0.3) is 0 Å². The number of aromatic amines is 1. The Morgan fingerprint density at radius 3 is 2.39 bits per heavy atom. The Balaban J connectivity index is 0.947. The quantitative estimate of drug-likeness (QED) is 0.169. The van der Waals surface area contributed by atoms with Gasteiger partial charge in [0, 0.05) is 93.4 Å². The lowest BCUT2D eigenvalue weighted by Gasteiger charge is -2.36. The summed E-state index contributed by atoms with van der Waals surface area (Å²) >= 11 is 0. The highest BCUT2D eigenvalue weighted by molar-refractivity contribution is 7.90. The second-order valence-electron chi connectivity index (χ2n) is 16.3. The van der Waals surface area contributed by atoms with E-state index in [1.165, 1.54) is 0 Å². The van der Waals surface area contributed by atoms with Gasteiger partial charge in [-0.3, -0.25) is 14.4 Å². The Kier molecular flexibility index (Phi) is 12.0. The van der Waals surface area contributed by atoms with Crippen molar-refractivity contribution < 1.29 is 31.1 Å². The molecule has 0 aliphatic carbocycles. The van der Waals surface area contributed by atoms with E-state index >= 15 is 8.78 Å². The van der Waals surface area contributed by atoms with Crippen LogP contribution in [0.2, 0.25) is 0 Å². The van der Waals surface area contributed by atoms with Gasteiger partial charge in [0.05, 0.1) is 12.2 Å². The molecular weight excluding hydrogens is 744 g/mol. The molecule has 3 fully saturated rings. The van der Waals surface area contributed by atoms with Gasteiger partial charge in [0.1, 0.15) is 23.2 Å². The molecule has 302 valence electrons. The maximum Gasteiger partial charge on any atom is 0.320 e. The lowest BCUT2D eigenvalue weighted by molar-refractivity contribution is -0.156. The number of alkyl halides is 1. The van der Waals surface area contributed by atoms with E-state index < -0.39 is 39.3 Å². The van der Waals surface area contributed by atoms with E-state index in [0.29, 0.717) is 29.1 Å². The monoisotopic (exact) mass is 795 g/mol. The van der Waals surface area contributed by atoms with Crippen molar-refractivity contribution in [3.63, 3.8) is 0 Å². The first kappa shape index (κ1) is 40.0. The van der Waals surface area contributed by atoms with Crippen LogP contribution >= 0.6 is 0 Å². The number of halogens is 3. The van der Waals surface area contributed by atoms with Crippen molar-refractivity contribution in [1.29, 1.82) is 0 Å². The molecule has 0 radical (unpaired) electrons. The number of fused-ring (bicyclic) bond motifs is 1. The first-order valence-electron chi connectivity index (χ1n) is 19.6. The molecule has 0 saturated carbocycles. The molecule has 1 atom stereocenters. The minimum atomic E-state index is -4.21. The largest absolute Gasteiger partial charge is 0.459 e. The molecule has 56 heavy (non-hydrogen) atoms. The predicted octanol–water partition coefficient (Wildman–Crippen LogP) is 6.37. The molecule has 2 N–H and O–H groups in total. The Morgan fingerprint density at radius 1 is 0.946 bits per heavy atom. The Labute approximate surface area is 327 Å². The molecule has 0 amide bonds. The minimum absolute atomic E-state index is 0.0147. The van der Waals surface area contributed by atoms with Crippen LogP contribution in [0.3, 0.4) is 0 Å². The molecule has 2 aromatic heterocycles. The topological polar surface area (TPSA) is 114 Å². The number of benzene rings is 2. The first-order valence-corrected chi connectivity index (χ1v) is 21.0. The summed E-state index contributed by atoms with van der Waals surface area (Å²) in [6, 6.07) is 12.4. The van der Waals surface area contributed by atoms with Crippen LogP contribution in [0.15, 0.2) is 54.9 Å². The summed E-state index contributed by atoms with van der Waals surface area (Å²) in [6.45, 7) is 12.6. The fraction of sp³-hybridized carbons (Fsp3) is 0.512. The standard InChI is InChI=1S/C41H52F3N7O4S/c1-41(2,3)55-38(52)27-49-15-4-14-48(19-20-49)25-28-11-16-50(17-12-28)33-7-5-29(6-8-33)30-21-34-31(24-46-40(34)45-23-30)22-35-36(43)9-10-37(39(35)44)47-56(53,54)51-18-13-32(42)26-51/h5-10,21,23-24,28,32,47H,4,11-20,22,25-27H2,1-3H3,(H,45,46)/t32-/m1/s1. The van der Waals surface area contributed by atoms with Gasteiger partial charge in [-0.1, -0.05) is 12.1 Å². The smallest absolute Gasteiger partial charge is 0.320 e. The van der Waals surface area contributed by atoms with Crippen molar-refractivity contribution in [2.45, 2.75) is 64.6 Å². The number of anilines is 2. The number of H-pyrrole nitrogens is 1. The molecule has 3 aliphatic rings. The van der Waals surface area contributed by atoms with Crippen molar-refractivity contribution in [2.75, 3.05) is 75.1 Å². The van der Waals surface area contributed by atoms with Gasteiger partial charge < -0.3 is 19.5 Å². The molecule has 3 aliphatic heterocycles. The molecule has 0 bridgehead atoms. The third-order valence-electron chi connectivity index (χ3n) is 11.0. The zero-order chi connectivity index (χ0) is 39.6. The van der Waals surface area contributed by atoms with E-state index in [1.54, 1.807) is 12.4 Å². The van der Waals surface area contributed by atoms with Crippen LogP contribution in [-0.2, 0) is 26.2 Å². The van der Waals surface area contributed by atoms with Crippen LogP contribution in [0.25, 0.3) is 22.2 Å². The van der Waals surface area contributed by atoms with Gasteiger partial charge >= 0.3 is 16.2 Å². The zero-order valence-corrected chi connectivity index (χ0v) is 33.2. The average Bonchev–Trinajstić information content (AvgIpc) is 3.72. The lowest BCUT2D eigenvalue weighted by atomic mass is 9.95. The van der Waals surface area contributed by atoms with Gasteiger partial charge in [-0.2, -0.15) is 12.7 Å². The third kappa shape index (κ3) is 9.67. The van der Waals surface area contributed by atoms with Crippen molar-refractivity contribution >= 4 is 38.6 Å². The maximum absolute atomic E-state index is 15.7. The maximum atomic E-state index is 15.7. The number of aromatic nitrogens is 2. The minimum Gasteiger partial charge on any atom is -0.459 e. The Bertz CT molecular complexity index is 2120. The number of esters is 1. The Hall–Kier alpha value is -4.18. The molecule has 4 aromatic rings. The number of ether oxygens (including phenoxy) is 1. The molecule has 0 unspecified atom stereocenters. The van der Waals surface area contributed by atoms with Crippen molar-refractivity contribution in [3.05, 3.63) is 77.6 Å². The number of carbonyl (C=O) groups is 1. The van der Waals surface area contributed by atoms with E-state index in [-0.39, 0.29) is 37.5 Å². The number of hydrogen-bond acceptors (Lipinski definition) is 8. The van der Waals surface area contributed by atoms with E-state index in [0.717, 1.165) is 98.3 Å². The van der Waals surface area contributed by atoms with Crippen LogP contribution < -0.4 is 9.62 Å². The van der Waals surface area contributed by atoms with Crippen LogP contribution in [-0.4, -0.2) is 116 Å². The van der Waals surface area contributed by atoms with Gasteiger partial charge in [0.15, 0.2) is 5.82 Å². The van der Waals surface area contributed by atoms with E-state index in [9.17, 15) is 17.6 Å². The number of nitrogens with zero attached hydrogens (tertiary/aromatic N) is 5. The number of nitrogens with one attached hydrogen (secondary N) is 2. The third-order valence-corrected chi connectivity index (χ3v) is 12.5. The average molecular weight is 796 g/mol. The zero-order valence-electron chi connectivity index (χ0n) is 32.4. The number of hydrogen-bond donors (Lipinski definition) is 2. The van der Waals surface area contributed by atoms with Gasteiger partial charge in [-0.15, -0.1) is 0 Å². The normalized spacial score (nSPS) is 19.8. The predicted molar refractivity (Wildman–Crippen MR) is 213 cm³/mol. The van der Waals surface area contributed by atoms with Crippen LogP contribution in [0, 0.1) is 17.6 Å². The summed E-state index contributed by atoms with van der Waals surface area (Å²) in [7, 11) is -4.21. The highest BCUT2D eigenvalue weighted by Crippen LogP contribution is 2.32. The van der Waals surface area contributed by atoms with Crippen LogP contribution in [0.5, 0.6) is 0 Å². The molecule has 11 nitrogen and oxygen atoms in total. The summed E-state index contributed by atoms with van der Waals surface area (Å²) in [6.07, 6.45) is 5.34. The fourth-order valence-corrected chi connectivity index (χ4v) is 9.29. The lowest BCUT2D eigenvalue weighted by Crippen LogP contribution is -2.40. The summed E-state index contributed by atoms with van der Waals surface area (Å²) < 4.78 is 78.6. The highest BCUT2D eigenvalue weighted by Gasteiger charge is 2.32. The van der Waals surface area contributed by atoms with E-state index in [4.69, 9.17) is 4.74 Å². The first-order chi connectivity index (χ1) is 26.7. The van der Waals surface area contributed by atoms with Gasteiger partial charge in [-0.05, 0) is 100 Å². The van der Waals surface area contributed by atoms with E-state index in [1.807, 2.05) is 26.8 Å². The molecule has 5 heterocycles. The van der Waals surface area contributed by atoms with Crippen LogP contribution in [0.1, 0.15) is 57.6 Å². The molecular formula is C41H52F3N7O4S. The molecule has 3 saturated heterocycles. The number of rotatable bonds is 11. The van der Waals surface area contributed by atoms with E-state index in [2.05, 4.69) is 53.7 Å². The summed E-state index contributed by atoms with van der Waals surface area (Å²) in [5.41, 5.74) is 2.98. The van der Waals surface area contributed by atoms with Crippen LogP contribution in [0.4, 0.5) is 24.5 Å². The second kappa shape index (κ2) is 16.7. The number of piperidine rings is 1. The second-order valence-corrected chi connectivity index (χ2v) is 18.0. The molecule has 7 rings (SSSR count). The summed E-state index contributed by atoms with van der Waals surface area (Å²) in [4.78, 5) is 27.2. The summed E-state index contributed by atoms with van der Waals surface area (Å²) in [5.74, 6) is -1.35. The van der Waals surface area contributed by atoms with Crippen molar-refractivity contribution in [2.24, 2.45) is 5.92 Å². The molecule has 2 aromatic carbocycles. The SMILES string of the molecule is CC(C)(C)OC(=O)CN1CCCN(CC2CCN(c3ccc(-c4cnc5[nH]cc(Cc6c(F)ccc(NS(=O)(=O)N7CC[C@@H](F)C7)c6F)c5c4)cc3)CC2)CC1. The Morgan fingerprint density at radius 2 is 1.68 bits per heavy atom. The fourth-order valence-electron chi connectivity index (χ4n) is 8.03. The molecule has 15 heteroatoms. The summed E-state index contributed by atoms with van der Waals surface area (Å²) in [5, 5.41) is 0.699. The number of pyridine rings is 1. The highest BCUT2D eigenvalue weighted by atomic mass is 32.2. The van der Waals surface area contributed by atoms with Gasteiger partial charge in [0.2, 0.25) is 0 Å². The van der Waals surface area contributed by atoms with Crippen molar-refractivity contribution in [3.8, 4) is 11.1 Å². The molecule has 0 spiro atoms. The number of carbonyl (C=O) groups excluding carboxylic acids is 1. The van der Waals surface area contributed by atoms with Gasteiger partial charge in [-0.25, -0.2) is 18.2 Å². The van der Waals surface area contributed by atoms with Crippen molar-refractivity contribution in [1.82, 2.24) is 24.1 Å².